The molecule has 1 fully saturated rings. The molecule has 4 aromatic rings. The number of aromatic nitrogens is 2. The summed E-state index contributed by atoms with van der Waals surface area (Å²) in [4.78, 5) is 22.5. The molecule has 7 nitrogen and oxygen atoms in total. The van der Waals surface area contributed by atoms with E-state index < -0.39 is 0 Å². The molecule has 7 heteroatoms. The third-order valence-corrected chi connectivity index (χ3v) is 8.16. The second kappa shape index (κ2) is 13.3. The minimum Gasteiger partial charge on any atom is -0.385 e. The highest BCUT2D eigenvalue weighted by molar-refractivity contribution is 5.78. The number of benzene rings is 3. The minimum atomic E-state index is -0.216. The molecule has 2 unspecified atom stereocenters. The van der Waals surface area contributed by atoms with E-state index in [0.717, 1.165) is 54.8 Å². The van der Waals surface area contributed by atoms with Crippen LogP contribution >= 0.6 is 0 Å². The number of aryl methyl sites for hydroxylation is 1. The predicted molar refractivity (Wildman–Crippen MR) is 167 cm³/mol. The summed E-state index contributed by atoms with van der Waals surface area (Å²) in [5, 5.41) is 0. The highest BCUT2D eigenvalue weighted by Crippen LogP contribution is 2.30. The summed E-state index contributed by atoms with van der Waals surface area (Å²) >= 11 is 0. The van der Waals surface area contributed by atoms with Gasteiger partial charge in [-0.15, -0.1) is 0 Å². The van der Waals surface area contributed by atoms with Crippen molar-refractivity contribution in [2.45, 2.75) is 50.6 Å². The molecular weight excluding hydrogens is 510 g/mol. The lowest BCUT2D eigenvalue weighted by atomic mass is 9.95. The van der Waals surface area contributed by atoms with Crippen LogP contribution in [0.5, 0.6) is 0 Å². The van der Waals surface area contributed by atoms with E-state index in [2.05, 4.69) is 76.2 Å². The number of piperidine rings is 1. The number of hydrogen-bond donors (Lipinski definition) is 1. The van der Waals surface area contributed by atoms with E-state index >= 15 is 0 Å². The molecule has 1 saturated heterocycles. The molecule has 0 radical (unpaired) electrons. The van der Waals surface area contributed by atoms with Crippen LogP contribution in [0.3, 0.4) is 0 Å². The smallest absolute Gasteiger partial charge is 0.224 e. The number of nitrogens with two attached hydrogens (primary N) is 1. The zero-order valence-electron chi connectivity index (χ0n) is 24.6. The van der Waals surface area contributed by atoms with Crippen molar-refractivity contribution in [2.75, 3.05) is 45.8 Å². The van der Waals surface area contributed by atoms with Gasteiger partial charge in [-0.2, -0.15) is 0 Å². The van der Waals surface area contributed by atoms with E-state index in [1.54, 1.807) is 7.11 Å². The molecule has 1 aromatic heterocycles. The summed E-state index contributed by atoms with van der Waals surface area (Å²) in [5.41, 5.74) is 13.4. The van der Waals surface area contributed by atoms with Crippen LogP contribution in [0, 0.1) is 0 Å². The Hall–Kier alpha value is -3.68. The largest absolute Gasteiger partial charge is 0.385 e. The van der Waals surface area contributed by atoms with Crippen molar-refractivity contribution in [3.8, 4) is 11.1 Å². The fourth-order valence-electron chi connectivity index (χ4n) is 5.94. The first-order valence-corrected chi connectivity index (χ1v) is 14.8. The number of hydrogen-bond acceptors (Lipinski definition) is 5. The van der Waals surface area contributed by atoms with Gasteiger partial charge in [0.25, 0.3) is 0 Å². The molecule has 1 amide bonds. The van der Waals surface area contributed by atoms with E-state index in [0.29, 0.717) is 26.0 Å². The predicted octanol–water partition coefficient (Wildman–Crippen LogP) is 5.47. The summed E-state index contributed by atoms with van der Waals surface area (Å²) in [6.07, 6.45) is 3.97. The van der Waals surface area contributed by atoms with Crippen molar-refractivity contribution < 1.29 is 9.53 Å². The van der Waals surface area contributed by atoms with Gasteiger partial charge in [0.2, 0.25) is 5.91 Å². The van der Waals surface area contributed by atoms with Crippen molar-refractivity contribution in [3.63, 3.8) is 0 Å². The van der Waals surface area contributed by atoms with Crippen LogP contribution in [-0.2, 0) is 22.5 Å². The molecule has 0 bridgehead atoms. The molecule has 0 saturated carbocycles. The first-order valence-electron chi connectivity index (χ1n) is 14.8. The first kappa shape index (κ1) is 28.8. The standard InChI is InChI=1S/C34H43N5O2/c1-37(2)30-17-15-27(16-18-30)26-13-11-25(12-14-26)22-29(35)23-33(40)38-19-6-8-28(24-38)34-36-31-9-4-5-10-32(31)39(34)20-7-21-41-3/h4-5,9-18,28-29H,6-8,19-24,35H2,1-3H3. The van der Waals surface area contributed by atoms with Gasteiger partial charge < -0.3 is 24.8 Å². The number of amides is 1. The highest BCUT2D eigenvalue weighted by Gasteiger charge is 2.29. The molecule has 1 aliphatic heterocycles. The second-order valence-corrected chi connectivity index (χ2v) is 11.4. The van der Waals surface area contributed by atoms with Crippen molar-refractivity contribution >= 4 is 22.6 Å². The summed E-state index contributed by atoms with van der Waals surface area (Å²) in [7, 11) is 5.83. The molecule has 3 aromatic carbocycles. The molecule has 41 heavy (non-hydrogen) atoms. The molecule has 0 spiro atoms. The van der Waals surface area contributed by atoms with Gasteiger partial charge in [-0.3, -0.25) is 4.79 Å². The Bertz CT molecular complexity index is 1430. The van der Waals surface area contributed by atoms with Gasteiger partial charge in [-0.1, -0.05) is 48.5 Å². The van der Waals surface area contributed by atoms with E-state index in [4.69, 9.17) is 15.5 Å². The third-order valence-electron chi connectivity index (χ3n) is 8.16. The number of likely N-dealkylation sites (tertiary alicyclic amines) is 1. The molecule has 2 atom stereocenters. The van der Waals surface area contributed by atoms with Gasteiger partial charge in [-0.05, 0) is 66.6 Å². The molecule has 216 valence electrons. The molecular formula is C34H43N5O2. The Kier molecular flexibility index (Phi) is 9.37. The van der Waals surface area contributed by atoms with Gasteiger partial charge in [0, 0.05) is 71.5 Å². The number of methoxy groups -OCH3 is 1. The average Bonchev–Trinajstić information content (AvgIpc) is 3.36. The van der Waals surface area contributed by atoms with Gasteiger partial charge in [0.1, 0.15) is 5.82 Å². The van der Waals surface area contributed by atoms with Crippen molar-refractivity contribution in [1.29, 1.82) is 0 Å². The normalized spacial score (nSPS) is 16.2. The number of para-hydroxylation sites is 2. The number of rotatable bonds is 11. The maximum Gasteiger partial charge on any atom is 0.224 e. The van der Waals surface area contributed by atoms with Crippen LogP contribution in [0.25, 0.3) is 22.2 Å². The number of ether oxygens (including phenoxy) is 1. The number of anilines is 1. The van der Waals surface area contributed by atoms with Crippen molar-refractivity contribution in [2.24, 2.45) is 5.73 Å². The van der Waals surface area contributed by atoms with Crippen LogP contribution in [0.4, 0.5) is 5.69 Å². The lowest BCUT2D eigenvalue weighted by Gasteiger charge is -2.33. The summed E-state index contributed by atoms with van der Waals surface area (Å²) in [5.74, 6) is 1.44. The molecule has 2 heterocycles. The van der Waals surface area contributed by atoms with E-state index in [9.17, 15) is 4.79 Å². The summed E-state index contributed by atoms with van der Waals surface area (Å²) < 4.78 is 7.63. The fraction of sp³-hybridized carbons (Fsp3) is 0.412. The zero-order valence-corrected chi connectivity index (χ0v) is 24.6. The van der Waals surface area contributed by atoms with Gasteiger partial charge in [0.15, 0.2) is 0 Å². The van der Waals surface area contributed by atoms with Crippen LogP contribution in [-0.4, -0.2) is 67.3 Å². The molecule has 2 N–H and O–H groups in total. The monoisotopic (exact) mass is 553 g/mol. The maximum absolute atomic E-state index is 13.4. The second-order valence-electron chi connectivity index (χ2n) is 11.4. The number of imidazole rings is 1. The quantitative estimate of drug-likeness (QED) is 0.249. The Labute approximate surface area is 243 Å². The van der Waals surface area contributed by atoms with Gasteiger partial charge in [-0.25, -0.2) is 4.98 Å². The van der Waals surface area contributed by atoms with Crippen LogP contribution in [0.1, 0.15) is 43.0 Å². The topological polar surface area (TPSA) is 76.6 Å². The van der Waals surface area contributed by atoms with E-state index in [1.807, 2.05) is 25.1 Å². The summed E-state index contributed by atoms with van der Waals surface area (Å²) in [6, 6.07) is 25.2. The van der Waals surface area contributed by atoms with Crippen molar-refractivity contribution in [1.82, 2.24) is 14.5 Å². The maximum atomic E-state index is 13.4. The van der Waals surface area contributed by atoms with E-state index in [-0.39, 0.29) is 17.9 Å². The lowest BCUT2D eigenvalue weighted by molar-refractivity contribution is -0.132. The van der Waals surface area contributed by atoms with Gasteiger partial charge >= 0.3 is 0 Å². The first-order chi connectivity index (χ1) is 19.9. The van der Waals surface area contributed by atoms with E-state index in [1.165, 1.54) is 16.8 Å². The lowest BCUT2D eigenvalue weighted by Crippen LogP contribution is -2.42. The number of carbonyl (C=O) groups excluding carboxylic acids is 1. The molecule has 0 aliphatic carbocycles. The Balaban J connectivity index is 1.19. The SMILES string of the molecule is COCCCn1c(C2CCCN(C(=O)CC(N)Cc3ccc(-c4ccc(N(C)C)cc4)cc3)C2)nc2ccccc21. The minimum absolute atomic E-state index is 0.141. The number of nitrogens with zero attached hydrogens (tertiary/aromatic N) is 4. The fourth-order valence-corrected chi connectivity index (χ4v) is 5.94. The van der Waals surface area contributed by atoms with Crippen LogP contribution < -0.4 is 10.6 Å². The average molecular weight is 554 g/mol. The van der Waals surface area contributed by atoms with Crippen LogP contribution in [0.15, 0.2) is 72.8 Å². The van der Waals surface area contributed by atoms with Gasteiger partial charge in [0.05, 0.1) is 11.0 Å². The Morgan fingerprint density at radius 3 is 2.46 bits per heavy atom. The van der Waals surface area contributed by atoms with Crippen molar-refractivity contribution in [3.05, 3.63) is 84.2 Å². The number of carbonyl (C=O) groups is 1. The van der Waals surface area contributed by atoms with Crippen LogP contribution in [0.2, 0.25) is 0 Å². The third kappa shape index (κ3) is 6.97. The Morgan fingerprint density at radius 1 is 1.05 bits per heavy atom. The zero-order chi connectivity index (χ0) is 28.8. The number of fused-ring (bicyclic) bond motifs is 1. The molecule has 5 rings (SSSR count). The highest BCUT2D eigenvalue weighted by atomic mass is 16.5. The Morgan fingerprint density at radius 2 is 1.76 bits per heavy atom. The molecule has 1 aliphatic rings. The summed E-state index contributed by atoms with van der Waals surface area (Å²) in [6.45, 7) is 3.05.